The van der Waals surface area contributed by atoms with Crippen LogP contribution in [0.1, 0.15) is 52.4 Å². The minimum absolute atomic E-state index is 0.431. The second-order valence-electron chi connectivity index (χ2n) is 6.10. The van der Waals surface area contributed by atoms with Crippen molar-refractivity contribution in [3.63, 3.8) is 0 Å². The fraction of sp³-hybridized carbons (Fsp3) is 0.929. The Labute approximate surface area is 110 Å². The molecular formula is C14H26N2O2. The summed E-state index contributed by atoms with van der Waals surface area (Å²) in [6.45, 7) is 6.40. The van der Waals surface area contributed by atoms with Gasteiger partial charge in [0.15, 0.2) is 0 Å². The molecule has 0 saturated carbocycles. The Hall–Kier alpha value is -0.610. The molecule has 2 aliphatic heterocycles. The number of nitrogens with one attached hydrogen (secondary N) is 1. The van der Waals surface area contributed by atoms with Gasteiger partial charge in [-0.05, 0) is 59.0 Å². The summed E-state index contributed by atoms with van der Waals surface area (Å²) < 4.78 is 0. The molecule has 2 atom stereocenters. The number of nitrogens with zero attached hydrogens (tertiary/aromatic N) is 1. The number of hydrogen-bond acceptors (Lipinski definition) is 3. The van der Waals surface area contributed by atoms with Crippen molar-refractivity contribution in [2.24, 2.45) is 0 Å². The molecule has 0 aromatic carbocycles. The zero-order chi connectivity index (χ0) is 13.2. The van der Waals surface area contributed by atoms with Crippen molar-refractivity contribution in [1.82, 2.24) is 10.2 Å². The first-order valence-corrected chi connectivity index (χ1v) is 7.29. The summed E-state index contributed by atoms with van der Waals surface area (Å²) in [6.07, 6.45) is 6.17. The fourth-order valence-corrected chi connectivity index (χ4v) is 3.57. The van der Waals surface area contributed by atoms with E-state index in [9.17, 15) is 9.90 Å². The van der Waals surface area contributed by atoms with Gasteiger partial charge >= 0.3 is 5.97 Å². The van der Waals surface area contributed by atoms with E-state index in [0.717, 1.165) is 38.8 Å². The lowest BCUT2D eigenvalue weighted by atomic mass is 9.85. The van der Waals surface area contributed by atoms with E-state index in [1.54, 1.807) is 0 Å². The minimum Gasteiger partial charge on any atom is -0.480 e. The van der Waals surface area contributed by atoms with Gasteiger partial charge in [-0.3, -0.25) is 9.69 Å². The van der Waals surface area contributed by atoms with E-state index in [1.807, 2.05) is 0 Å². The van der Waals surface area contributed by atoms with Gasteiger partial charge in [-0.1, -0.05) is 6.42 Å². The van der Waals surface area contributed by atoms with Crippen LogP contribution in [0.25, 0.3) is 0 Å². The first-order chi connectivity index (χ1) is 8.55. The maximum atomic E-state index is 11.6. The number of carboxylic acids is 1. The van der Waals surface area contributed by atoms with E-state index < -0.39 is 11.5 Å². The highest BCUT2D eigenvalue weighted by atomic mass is 16.4. The topological polar surface area (TPSA) is 52.6 Å². The molecule has 4 nitrogen and oxygen atoms in total. The Morgan fingerprint density at radius 1 is 1.44 bits per heavy atom. The molecule has 2 rings (SSSR count). The molecule has 2 N–H and O–H groups in total. The Morgan fingerprint density at radius 2 is 2.22 bits per heavy atom. The average Bonchev–Trinajstić information content (AvgIpc) is 2.79. The van der Waals surface area contributed by atoms with Crippen LogP contribution in [0.2, 0.25) is 0 Å². The second-order valence-corrected chi connectivity index (χ2v) is 6.10. The SMILES string of the molecule is CC(C)N1CCCCC1CC1(C(=O)O)CCCN1. The molecule has 18 heavy (non-hydrogen) atoms. The standard InChI is InChI=1S/C14H26N2O2/c1-11(2)16-9-4-3-6-12(16)10-14(13(17)18)7-5-8-15-14/h11-12,15H,3-10H2,1-2H3,(H,17,18). The Bertz CT molecular complexity index is 298. The minimum atomic E-state index is -0.658. The molecular weight excluding hydrogens is 228 g/mol. The molecule has 0 aromatic rings. The first kappa shape index (κ1) is 13.8. The van der Waals surface area contributed by atoms with E-state index >= 15 is 0 Å². The van der Waals surface area contributed by atoms with Crippen molar-refractivity contribution in [3.05, 3.63) is 0 Å². The molecule has 104 valence electrons. The summed E-state index contributed by atoms with van der Waals surface area (Å²) in [6, 6.07) is 0.947. The molecule has 0 aromatic heterocycles. The van der Waals surface area contributed by atoms with Gasteiger partial charge in [-0.25, -0.2) is 0 Å². The summed E-state index contributed by atoms with van der Waals surface area (Å²) >= 11 is 0. The van der Waals surface area contributed by atoms with Crippen LogP contribution in [0.15, 0.2) is 0 Å². The van der Waals surface area contributed by atoms with E-state index in [0.29, 0.717) is 12.1 Å². The van der Waals surface area contributed by atoms with E-state index in [4.69, 9.17) is 0 Å². The molecule has 2 unspecified atom stereocenters. The van der Waals surface area contributed by atoms with Crippen LogP contribution in [-0.4, -0.2) is 46.7 Å². The monoisotopic (exact) mass is 254 g/mol. The number of aliphatic carboxylic acids is 1. The van der Waals surface area contributed by atoms with E-state index in [1.165, 1.54) is 12.8 Å². The maximum absolute atomic E-state index is 11.6. The predicted octanol–water partition coefficient (Wildman–Crippen LogP) is 1.85. The number of piperidine rings is 1. The highest BCUT2D eigenvalue weighted by Crippen LogP contribution is 2.31. The lowest BCUT2D eigenvalue weighted by molar-refractivity contribution is -0.145. The molecule has 4 heteroatoms. The number of likely N-dealkylation sites (tertiary alicyclic amines) is 1. The van der Waals surface area contributed by atoms with Crippen LogP contribution in [-0.2, 0) is 4.79 Å². The number of hydrogen-bond donors (Lipinski definition) is 2. The lowest BCUT2D eigenvalue weighted by Gasteiger charge is -2.42. The largest absolute Gasteiger partial charge is 0.480 e. The van der Waals surface area contributed by atoms with Crippen molar-refractivity contribution in [2.75, 3.05) is 13.1 Å². The van der Waals surface area contributed by atoms with Gasteiger partial charge in [0.25, 0.3) is 0 Å². The predicted molar refractivity (Wildman–Crippen MR) is 71.7 cm³/mol. The second kappa shape index (κ2) is 5.57. The van der Waals surface area contributed by atoms with Gasteiger partial charge in [0.1, 0.15) is 5.54 Å². The molecule has 2 fully saturated rings. The zero-order valence-electron chi connectivity index (χ0n) is 11.6. The van der Waals surface area contributed by atoms with Gasteiger partial charge < -0.3 is 10.4 Å². The van der Waals surface area contributed by atoms with E-state index in [-0.39, 0.29) is 0 Å². The van der Waals surface area contributed by atoms with Crippen molar-refractivity contribution in [2.45, 2.75) is 70.0 Å². The first-order valence-electron chi connectivity index (χ1n) is 7.29. The number of carbonyl (C=O) groups is 1. The third-order valence-electron chi connectivity index (χ3n) is 4.57. The Morgan fingerprint density at radius 3 is 2.78 bits per heavy atom. The van der Waals surface area contributed by atoms with Crippen LogP contribution in [0.3, 0.4) is 0 Å². The smallest absolute Gasteiger partial charge is 0.323 e. The van der Waals surface area contributed by atoms with Gasteiger partial charge in [-0.2, -0.15) is 0 Å². The van der Waals surface area contributed by atoms with Crippen molar-refractivity contribution in [1.29, 1.82) is 0 Å². The molecule has 0 bridgehead atoms. The summed E-state index contributed by atoms with van der Waals surface area (Å²) in [5.41, 5.74) is -0.658. The Kier molecular flexibility index (Phi) is 4.28. The van der Waals surface area contributed by atoms with Crippen molar-refractivity contribution >= 4 is 5.97 Å². The zero-order valence-corrected chi connectivity index (χ0v) is 11.6. The molecule has 2 aliphatic rings. The lowest BCUT2D eigenvalue weighted by Crippen LogP contribution is -2.54. The van der Waals surface area contributed by atoms with Crippen molar-refractivity contribution < 1.29 is 9.90 Å². The molecule has 2 saturated heterocycles. The molecule has 0 amide bonds. The highest BCUT2D eigenvalue weighted by Gasteiger charge is 2.44. The number of carboxylic acid groups (broad SMARTS) is 1. The molecule has 2 heterocycles. The molecule has 0 spiro atoms. The summed E-state index contributed by atoms with van der Waals surface area (Å²) in [5, 5.41) is 12.8. The van der Waals surface area contributed by atoms with Crippen LogP contribution in [0.5, 0.6) is 0 Å². The highest BCUT2D eigenvalue weighted by molar-refractivity contribution is 5.79. The van der Waals surface area contributed by atoms with Crippen LogP contribution in [0, 0.1) is 0 Å². The van der Waals surface area contributed by atoms with Gasteiger partial charge in [0.2, 0.25) is 0 Å². The quantitative estimate of drug-likeness (QED) is 0.804. The van der Waals surface area contributed by atoms with Crippen LogP contribution < -0.4 is 5.32 Å². The third kappa shape index (κ3) is 2.69. The van der Waals surface area contributed by atoms with E-state index in [2.05, 4.69) is 24.1 Å². The molecule has 0 aliphatic carbocycles. The van der Waals surface area contributed by atoms with Crippen LogP contribution >= 0.6 is 0 Å². The fourth-order valence-electron chi connectivity index (χ4n) is 3.57. The van der Waals surface area contributed by atoms with Gasteiger partial charge in [-0.15, -0.1) is 0 Å². The van der Waals surface area contributed by atoms with Crippen molar-refractivity contribution in [3.8, 4) is 0 Å². The molecule has 0 radical (unpaired) electrons. The van der Waals surface area contributed by atoms with Crippen LogP contribution in [0.4, 0.5) is 0 Å². The summed E-state index contributed by atoms with van der Waals surface area (Å²) in [7, 11) is 0. The van der Waals surface area contributed by atoms with Gasteiger partial charge in [0.05, 0.1) is 0 Å². The average molecular weight is 254 g/mol. The van der Waals surface area contributed by atoms with Gasteiger partial charge in [0, 0.05) is 12.1 Å². The summed E-state index contributed by atoms with van der Waals surface area (Å²) in [5.74, 6) is -0.658. The third-order valence-corrected chi connectivity index (χ3v) is 4.57. The Balaban J connectivity index is 2.07. The number of rotatable bonds is 4. The summed E-state index contributed by atoms with van der Waals surface area (Å²) in [4.78, 5) is 14.1. The maximum Gasteiger partial charge on any atom is 0.323 e. The normalized spacial score (nSPS) is 34.1.